The number of ether oxygens (including phenoxy) is 1. The normalized spacial score (nSPS) is 16.1. The van der Waals surface area contributed by atoms with Crippen molar-refractivity contribution in [2.75, 3.05) is 19.3 Å². The molecule has 0 atom stereocenters. The fraction of sp³-hybridized carbons (Fsp3) is 0.458. The molecule has 1 amide bonds. The van der Waals surface area contributed by atoms with E-state index in [2.05, 4.69) is 4.74 Å². The molecule has 0 spiro atoms. The number of piperidine rings is 1. The molecule has 7 nitrogen and oxygen atoms in total. The Kier molecular flexibility index (Phi) is 8.19. The summed E-state index contributed by atoms with van der Waals surface area (Å²) in [5.41, 5.74) is -1.16. The third-order valence-electron chi connectivity index (χ3n) is 6.74. The van der Waals surface area contributed by atoms with Crippen LogP contribution in [0.4, 0.5) is 22.0 Å². The van der Waals surface area contributed by atoms with Crippen molar-refractivity contribution in [1.82, 2.24) is 4.90 Å². The summed E-state index contributed by atoms with van der Waals surface area (Å²) in [6.45, 7) is -0.217. The zero-order valence-electron chi connectivity index (χ0n) is 20.6. The first-order chi connectivity index (χ1) is 17.4. The van der Waals surface area contributed by atoms with Crippen LogP contribution in [0.3, 0.4) is 0 Å². The fourth-order valence-electron chi connectivity index (χ4n) is 4.45. The first kappa shape index (κ1) is 29.8. The Morgan fingerprint density at radius 2 is 1.61 bits per heavy atom. The molecule has 1 aliphatic rings. The second kappa shape index (κ2) is 10.4. The molecular weight excluding hydrogens is 557 g/mol. The number of carbonyl (C=O) groups is 1. The van der Waals surface area contributed by atoms with Gasteiger partial charge in [-0.05, 0) is 69.0 Å². The lowest BCUT2D eigenvalue weighted by molar-refractivity contribution is -0.137. The number of carbonyl (C=O) groups excluding carboxylic acids is 1. The van der Waals surface area contributed by atoms with E-state index in [4.69, 9.17) is 0 Å². The number of hydrogen-bond acceptors (Lipinski definition) is 6. The molecule has 0 bridgehead atoms. The highest BCUT2D eigenvalue weighted by atomic mass is 32.2. The van der Waals surface area contributed by atoms with Crippen molar-refractivity contribution in [3.63, 3.8) is 0 Å². The average Bonchev–Trinajstić information content (AvgIpc) is 2.82. The Labute approximate surface area is 217 Å². The van der Waals surface area contributed by atoms with Crippen molar-refractivity contribution in [3.8, 4) is 5.75 Å². The van der Waals surface area contributed by atoms with E-state index in [1.165, 1.54) is 18.7 Å². The minimum absolute atomic E-state index is 0.0821. The maximum Gasteiger partial charge on any atom is 0.416 e. The number of benzene rings is 2. The number of hydrogen-bond donors (Lipinski definition) is 0. The lowest BCUT2D eigenvalue weighted by Crippen LogP contribution is -2.47. The highest BCUT2D eigenvalue weighted by Gasteiger charge is 2.45. The molecule has 210 valence electrons. The monoisotopic (exact) mass is 583 g/mol. The van der Waals surface area contributed by atoms with E-state index in [0.29, 0.717) is 6.07 Å². The number of alkyl halides is 5. The van der Waals surface area contributed by atoms with Gasteiger partial charge in [-0.15, -0.1) is 0 Å². The van der Waals surface area contributed by atoms with Gasteiger partial charge in [0.15, 0.2) is 19.7 Å². The SMILES string of the molecule is CC(C)(C1CCN(C(=O)c2ccc(OC(F)F)c(S(C)(=O)=O)c2)CC1)S(=O)(=O)c1cccc(C(F)(F)F)c1. The molecule has 1 heterocycles. The molecule has 3 rings (SSSR count). The van der Waals surface area contributed by atoms with E-state index >= 15 is 0 Å². The zero-order valence-corrected chi connectivity index (χ0v) is 22.3. The molecule has 0 unspecified atom stereocenters. The number of sulfone groups is 2. The lowest BCUT2D eigenvalue weighted by Gasteiger charge is -2.40. The maximum atomic E-state index is 13.3. The Hall–Kier alpha value is -2.74. The topological polar surface area (TPSA) is 97.8 Å². The molecule has 1 fully saturated rings. The summed E-state index contributed by atoms with van der Waals surface area (Å²) in [4.78, 5) is 13.4. The first-order valence-electron chi connectivity index (χ1n) is 11.4. The van der Waals surface area contributed by atoms with E-state index in [9.17, 15) is 43.6 Å². The van der Waals surface area contributed by atoms with Crippen LogP contribution in [-0.2, 0) is 25.9 Å². The highest BCUT2D eigenvalue weighted by molar-refractivity contribution is 7.92. The van der Waals surface area contributed by atoms with Gasteiger partial charge in [0, 0.05) is 24.9 Å². The van der Waals surface area contributed by atoms with E-state index in [1.807, 2.05) is 0 Å². The molecule has 2 aromatic rings. The summed E-state index contributed by atoms with van der Waals surface area (Å²) in [6.07, 6.45) is -3.50. The van der Waals surface area contributed by atoms with E-state index < -0.39 is 70.1 Å². The van der Waals surface area contributed by atoms with Crippen LogP contribution in [0.5, 0.6) is 5.75 Å². The minimum Gasteiger partial charge on any atom is -0.433 e. The molecule has 0 saturated carbocycles. The molecule has 14 heteroatoms. The molecule has 0 N–H and O–H groups in total. The van der Waals surface area contributed by atoms with Gasteiger partial charge in [0.05, 0.1) is 15.2 Å². The van der Waals surface area contributed by atoms with Crippen LogP contribution in [-0.4, -0.2) is 58.3 Å². The number of rotatable bonds is 7. The van der Waals surface area contributed by atoms with Gasteiger partial charge in [-0.25, -0.2) is 16.8 Å². The molecule has 2 aromatic carbocycles. The van der Waals surface area contributed by atoms with Gasteiger partial charge < -0.3 is 9.64 Å². The van der Waals surface area contributed by atoms with Crippen LogP contribution in [0.2, 0.25) is 0 Å². The first-order valence-corrected chi connectivity index (χ1v) is 14.7. The number of halogens is 5. The number of amides is 1. The summed E-state index contributed by atoms with van der Waals surface area (Å²) in [5.74, 6) is -1.69. The molecule has 0 radical (unpaired) electrons. The van der Waals surface area contributed by atoms with Gasteiger partial charge in [0.1, 0.15) is 10.6 Å². The van der Waals surface area contributed by atoms with Crippen molar-refractivity contribution in [2.45, 2.75) is 54.0 Å². The van der Waals surface area contributed by atoms with Crippen molar-refractivity contribution in [1.29, 1.82) is 0 Å². The predicted octanol–water partition coefficient (Wildman–Crippen LogP) is 4.82. The Bertz CT molecular complexity index is 1410. The average molecular weight is 584 g/mol. The summed E-state index contributed by atoms with van der Waals surface area (Å²) < 4.78 is 118. The third kappa shape index (κ3) is 6.11. The smallest absolute Gasteiger partial charge is 0.416 e. The zero-order chi connectivity index (χ0) is 28.7. The van der Waals surface area contributed by atoms with Gasteiger partial charge in [0.25, 0.3) is 5.91 Å². The predicted molar refractivity (Wildman–Crippen MR) is 128 cm³/mol. The maximum absolute atomic E-state index is 13.3. The second-order valence-corrected chi connectivity index (χ2v) is 14.0. The molecular formula is C24H26F5NO6S2. The van der Waals surface area contributed by atoms with Crippen LogP contribution < -0.4 is 4.74 Å². The Morgan fingerprint density at radius 1 is 1.00 bits per heavy atom. The van der Waals surface area contributed by atoms with Crippen LogP contribution >= 0.6 is 0 Å². The van der Waals surface area contributed by atoms with Gasteiger partial charge in [-0.3, -0.25) is 4.79 Å². The summed E-state index contributed by atoms with van der Waals surface area (Å²) in [6, 6.07) is 6.62. The van der Waals surface area contributed by atoms with Crippen LogP contribution in [0.15, 0.2) is 52.3 Å². The lowest BCUT2D eigenvalue weighted by atomic mass is 9.85. The van der Waals surface area contributed by atoms with Gasteiger partial charge >= 0.3 is 12.8 Å². The molecule has 1 saturated heterocycles. The van der Waals surface area contributed by atoms with Crippen molar-refractivity contribution < 1.29 is 48.3 Å². The van der Waals surface area contributed by atoms with Crippen molar-refractivity contribution >= 4 is 25.6 Å². The number of likely N-dealkylation sites (tertiary alicyclic amines) is 1. The van der Waals surface area contributed by atoms with Crippen LogP contribution in [0.25, 0.3) is 0 Å². The summed E-state index contributed by atoms with van der Waals surface area (Å²) in [7, 11) is -8.21. The molecule has 0 aromatic heterocycles. The Morgan fingerprint density at radius 3 is 2.13 bits per heavy atom. The largest absolute Gasteiger partial charge is 0.433 e. The number of nitrogens with zero attached hydrogens (tertiary/aromatic N) is 1. The quantitative estimate of drug-likeness (QED) is 0.434. The third-order valence-corrected chi connectivity index (χ3v) is 10.4. The second-order valence-electron chi connectivity index (χ2n) is 9.51. The standard InChI is InChI=1S/C24H26F5NO6S2/c1-23(2,38(34,35)18-6-4-5-17(14-18)24(27,28)29)16-9-11-30(12-10-16)21(31)15-7-8-19(36-22(25)26)20(13-15)37(3,32)33/h4-8,13-14,16,22H,9-12H2,1-3H3. The molecule has 0 aliphatic carbocycles. The van der Waals surface area contributed by atoms with Gasteiger partial charge in [-0.2, -0.15) is 22.0 Å². The van der Waals surface area contributed by atoms with E-state index in [-0.39, 0.29) is 31.5 Å². The summed E-state index contributed by atoms with van der Waals surface area (Å²) >= 11 is 0. The van der Waals surface area contributed by atoms with Gasteiger partial charge in [0.2, 0.25) is 0 Å². The molecule has 38 heavy (non-hydrogen) atoms. The minimum atomic E-state index is -4.71. The van der Waals surface area contributed by atoms with E-state index in [0.717, 1.165) is 42.7 Å². The molecule has 1 aliphatic heterocycles. The van der Waals surface area contributed by atoms with Crippen LogP contribution in [0, 0.1) is 5.92 Å². The Balaban J connectivity index is 1.79. The summed E-state index contributed by atoms with van der Waals surface area (Å²) in [5, 5.41) is 0. The van der Waals surface area contributed by atoms with Crippen LogP contribution in [0.1, 0.15) is 42.6 Å². The van der Waals surface area contributed by atoms with E-state index in [1.54, 1.807) is 0 Å². The highest BCUT2D eigenvalue weighted by Crippen LogP contribution is 2.40. The van der Waals surface area contributed by atoms with Crippen molar-refractivity contribution in [2.24, 2.45) is 5.92 Å². The fourth-order valence-corrected chi connectivity index (χ4v) is 7.09. The van der Waals surface area contributed by atoms with Gasteiger partial charge in [-0.1, -0.05) is 6.07 Å². The van der Waals surface area contributed by atoms with Crippen molar-refractivity contribution in [3.05, 3.63) is 53.6 Å².